The maximum absolute atomic E-state index is 13.6. The van der Waals surface area contributed by atoms with Gasteiger partial charge in [-0.1, -0.05) is 20.8 Å². The van der Waals surface area contributed by atoms with Crippen molar-refractivity contribution >= 4 is 0 Å². The Balaban J connectivity index is 3.59. The Kier molecular flexibility index (Phi) is 3.56. The van der Waals surface area contributed by atoms with Crippen LogP contribution in [-0.4, -0.2) is 10.2 Å². The third-order valence-corrected chi connectivity index (χ3v) is 2.77. The minimum atomic E-state index is -0.677. The van der Waals surface area contributed by atoms with E-state index in [9.17, 15) is 14.6 Å². The van der Waals surface area contributed by atoms with Gasteiger partial charge >= 0.3 is 0 Å². The maximum atomic E-state index is 13.6. The lowest BCUT2D eigenvalue weighted by Crippen LogP contribution is -2.02. The van der Waals surface area contributed by atoms with E-state index in [1.807, 2.05) is 20.8 Å². The average molecular weight is 212 g/mol. The first-order valence-corrected chi connectivity index (χ1v) is 5.32. The number of hydrogen-bond donors (Lipinski definition) is 2. The van der Waals surface area contributed by atoms with E-state index < -0.39 is 11.6 Å². The lowest BCUT2D eigenvalue weighted by molar-refractivity contribution is 0.372. The fraction of sp³-hybridized carbons (Fsp3) is 0.500. The van der Waals surface area contributed by atoms with E-state index in [0.29, 0.717) is 30.4 Å². The van der Waals surface area contributed by atoms with E-state index in [2.05, 4.69) is 0 Å². The molecule has 0 saturated carbocycles. The molecule has 0 unspecified atom stereocenters. The molecule has 1 rings (SSSR count). The maximum Gasteiger partial charge on any atom is 0.194 e. The van der Waals surface area contributed by atoms with Crippen molar-refractivity contribution < 1.29 is 14.6 Å². The van der Waals surface area contributed by atoms with Crippen molar-refractivity contribution in [1.82, 2.24) is 0 Å². The SMILES string of the molecule is CCc1c(O)c(O)c(F)c(CC)c1CC. The number of phenols is 2. The van der Waals surface area contributed by atoms with Gasteiger partial charge in [0.05, 0.1) is 0 Å². The van der Waals surface area contributed by atoms with Crippen LogP contribution in [0.2, 0.25) is 0 Å². The van der Waals surface area contributed by atoms with Crippen LogP contribution in [0, 0.1) is 5.82 Å². The highest BCUT2D eigenvalue weighted by atomic mass is 19.1. The summed E-state index contributed by atoms with van der Waals surface area (Å²) < 4.78 is 13.6. The van der Waals surface area contributed by atoms with Crippen molar-refractivity contribution in [2.45, 2.75) is 40.0 Å². The van der Waals surface area contributed by atoms with Gasteiger partial charge in [-0.3, -0.25) is 0 Å². The standard InChI is InChI=1S/C12H17FO2/c1-4-7-8(5-2)10(13)12(15)11(14)9(7)6-3/h14-15H,4-6H2,1-3H3. The van der Waals surface area contributed by atoms with Crippen LogP contribution in [0.1, 0.15) is 37.5 Å². The van der Waals surface area contributed by atoms with Gasteiger partial charge in [-0.15, -0.1) is 0 Å². The molecule has 0 aromatic heterocycles. The first-order chi connectivity index (χ1) is 7.08. The summed E-state index contributed by atoms with van der Waals surface area (Å²) in [5, 5.41) is 19.0. The molecule has 0 bridgehead atoms. The Labute approximate surface area is 89.4 Å². The Hall–Kier alpha value is -1.25. The molecule has 2 N–H and O–H groups in total. The minimum absolute atomic E-state index is 0.302. The Morgan fingerprint density at radius 3 is 1.67 bits per heavy atom. The molecule has 0 saturated heterocycles. The van der Waals surface area contributed by atoms with Gasteiger partial charge in [-0.25, -0.2) is 4.39 Å². The highest BCUT2D eigenvalue weighted by Crippen LogP contribution is 2.38. The van der Waals surface area contributed by atoms with Crippen LogP contribution in [0.3, 0.4) is 0 Å². The smallest absolute Gasteiger partial charge is 0.194 e. The van der Waals surface area contributed by atoms with Crippen LogP contribution in [0.5, 0.6) is 11.5 Å². The molecular weight excluding hydrogens is 195 g/mol. The molecular formula is C12H17FO2. The molecule has 0 amide bonds. The van der Waals surface area contributed by atoms with Crippen molar-refractivity contribution in [3.05, 3.63) is 22.5 Å². The van der Waals surface area contributed by atoms with Gasteiger partial charge in [0.2, 0.25) is 0 Å². The van der Waals surface area contributed by atoms with Gasteiger partial charge in [0.15, 0.2) is 17.3 Å². The summed E-state index contributed by atoms with van der Waals surface area (Å²) in [6, 6.07) is 0. The molecule has 1 aromatic carbocycles. The first-order valence-electron chi connectivity index (χ1n) is 5.32. The zero-order chi connectivity index (χ0) is 11.6. The molecule has 0 radical (unpaired) electrons. The van der Waals surface area contributed by atoms with Crippen molar-refractivity contribution in [1.29, 1.82) is 0 Å². The molecule has 0 aliphatic carbocycles. The zero-order valence-electron chi connectivity index (χ0n) is 9.39. The summed E-state index contributed by atoms with van der Waals surface area (Å²) in [4.78, 5) is 0. The van der Waals surface area contributed by atoms with Crippen molar-refractivity contribution in [3.8, 4) is 11.5 Å². The normalized spacial score (nSPS) is 10.7. The molecule has 0 atom stereocenters. The van der Waals surface area contributed by atoms with E-state index in [0.717, 1.165) is 5.56 Å². The predicted molar refractivity (Wildman–Crippen MR) is 57.9 cm³/mol. The number of hydrogen-bond acceptors (Lipinski definition) is 2. The van der Waals surface area contributed by atoms with Crippen LogP contribution in [0.25, 0.3) is 0 Å². The molecule has 0 aliphatic heterocycles. The van der Waals surface area contributed by atoms with Crippen molar-refractivity contribution in [2.24, 2.45) is 0 Å². The topological polar surface area (TPSA) is 40.5 Å². The van der Waals surface area contributed by atoms with Crippen LogP contribution in [0.4, 0.5) is 4.39 Å². The summed E-state index contributed by atoms with van der Waals surface area (Å²) in [5.41, 5.74) is 2.01. The summed E-state index contributed by atoms with van der Waals surface area (Å²) in [5.74, 6) is -1.59. The van der Waals surface area contributed by atoms with Crippen LogP contribution < -0.4 is 0 Å². The van der Waals surface area contributed by atoms with Gasteiger partial charge in [0.25, 0.3) is 0 Å². The molecule has 15 heavy (non-hydrogen) atoms. The Morgan fingerprint density at radius 2 is 1.27 bits per heavy atom. The Morgan fingerprint density at radius 1 is 0.800 bits per heavy atom. The van der Waals surface area contributed by atoms with Crippen molar-refractivity contribution in [3.63, 3.8) is 0 Å². The van der Waals surface area contributed by atoms with Gasteiger partial charge in [-0.05, 0) is 30.4 Å². The van der Waals surface area contributed by atoms with Gasteiger partial charge in [0.1, 0.15) is 0 Å². The van der Waals surface area contributed by atoms with E-state index >= 15 is 0 Å². The second-order valence-electron chi connectivity index (χ2n) is 3.51. The second-order valence-corrected chi connectivity index (χ2v) is 3.51. The molecule has 1 aromatic rings. The highest BCUT2D eigenvalue weighted by Gasteiger charge is 2.20. The first kappa shape index (κ1) is 11.8. The Bertz CT molecular complexity index is 341. The quantitative estimate of drug-likeness (QED) is 0.756. The van der Waals surface area contributed by atoms with E-state index in [1.54, 1.807) is 0 Å². The van der Waals surface area contributed by atoms with E-state index in [4.69, 9.17) is 0 Å². The van der Waals surface area contributed by atoms with Crippen LogP contribution >= 0.6 is 0 Å². The van der Waals surface area contributed by atoms with Crippen LogP contribution in [0.15, 0.2) is 0 Å². The number of aromatic hydroxyl groups is 2. The monoisotopic (exact) mass is 212 g/mol. The predicted octanol–water partition coefficient (Wildman–Crippen LogP) is 2.92. The fourth-order valence-electron chi connectivity index (χ4n) is 2.02. The lowest BCUT2D eigenvalue weighted by Gasteiger charge is -2.15. The summed E-state index contributed by atoms with van der Waals surface area (Å²) in [7, 11) is 0. The summed E-state index contributed by atoms with van der Waals surface area (Å²) >= 11 is 0. The van der Waals surface area contributed by atoms with E-state index in [1.165, 1.54) is 0 Å². The molecule has 0 spiro atoms. The molecule has 0 fully saturated rings. The molecule has 0 heterocycles. The number of phenolic OH excluding ortho intramolecular Hbond substituents is 2. The summed E-state index contributed by atoms with van der Waals surface area (Å²) in [6.45, 7) is 5.64. The summed E-state index contributed by atoms with van der Waals surface area (Å²) in [6.07, 6.45) is 1.78. The number of benzene rings is 1. The van der Waals surface area contributed by atoms with Gasteiger partial charge < -0.3 is 10.2 Å². The molecule has 84 valence electrons. The minimum Gasteiger partial charge on any atom is -0.504 e. The van der Waals surface area contributed by atoms with Gasteiger partial charge in [-0.2, -0.15) is 0 Å². The lowest BCUT2D eigenvalue weighted by atomic mass is 9.93. The zero-order valence-corrected chi connectivity index (χ0v) is 9.39. The molecule has 2 nitrogen and oxygen atoms in total. The third-order valence-electron chi connectivity index (χ3n) is 2.77. The average Bonchev–Trinajstić information content (AvgIpc) is 2.25. The van der Waals surface area contributed by atoms with Gasteiger partial charge in [0, 0.05) is 5.56 Å². The molecule has 3 heteroatoms. The second kappa shape index (κ2) is 4.51. The molecule has 0 aliphatic rings. The van der Waals surface area contributed by atoms with Crippen LogP contribution in [-0.2, 0) is 19.3 Å². The number of halogens is 1. The van der Waals surface area contributed by atoms with Crippen molar-refractivity contribution in [2.75, 3.05) is 0 Å². The van der Waals surface area contributed by atoms with E-state index in [-0.39, 0.29) is 5.75 Å². The third kappa shape index (κ3) is 1.78. The fourth-order valence-corrected chi connectivity index (χ4v) is 2.02. The number of rotatable bonds is 3. The highest BCUT2D eigenvalue weighted by molar-refractivity contribution is 5.54. The largest absolute Gasteiger partial charge is 0.504 e.